The molecular formula is C12H21NO2. The first-order valence-corrected chi connectivity index (χ1v) is 6.05. The van der Waals surface area contributed by atoms with Crippen LogP contribution in [0.2, 0.25) is 0 Å². The second-order valence-corrected chi connectivity index (χ2v) is 5.13. The molecule has 0 aromatic carbocycles. The molecule has 2 rings (SSSR count). The van der Waals surface area contributed by atoms with Gasteiger partial charge in [-0.15, -0.1) is 0 Å². The third-order valence-corrected chi connectivity index (χ3v) is 3.83. The topological polar surface area (TPSA) is 29.5 Å². The first kappa shape index (κ1) is 10.9. The summed E-state index contributed by atoms with van der Waals surface area (Å²) in [6.07, 6.45) is 3.34. The molecule has 15 heavy (non-hydrogen) atoms. The number of likely N-dealkylation sites (tertiary alicyclic amines) is 1. The molecule has 0 aromatic heterocycles. The molecule has 0 saturated carbocycles. The van der Waals surface area contributed by atoms with Gasteiger partial charge in [0.1, 0.15) is 0 Å². The molecule has 0 aromatic rings. The molecule has 1 atom stereocenters. The van der Waals surface area contributed by atoms with E-state index in [-0.39, 0.29) is 5.41 Å². The molecule has 0 radical (unpaired) electrons. The second kappa shape index (κ2) is 4.12. The van der Waals surface area contributed by atoms with Crippen molar-refractivity contribution >= 4 is 5.91 Å². The van der Waals surface area contributed by atoms with Crippen molar-refractivity contribution in [3.8, 4) is 0 Å². The Balaban J connectivity index is 2.00. The van der Waals surface area contributed by atoms with Crippen LogP contribution < -0.4 is 0 Å². The number of ether oxygens (including phenoxy) is 1. The third-order valence-electron chi connectivity index (χ3n) is 3.83. The van der Waals surface area contributed by atoms with E-state index in [1.807, 2.05) is 0 Å². The maximum atomic E-state index is 12.3. The summed E-state index contributed by atoms with van der Waals surface area (Å²) < 4.78 is 5.22. The van der Waals surface area contributed by atoms with E-state index in [0.717, 1.165) is 25.9 Å². The summed E-state index contributed by atoms with van der Waals surface area (Å²) in [6, 6.07) is 0. The predicted octanol–water partition coefficient (Wildman–Crippen LogP) is 1.67. The Bertz CT molecular complexity index is 242. The Morgan fingerprint density at radius 1 is 1.53 bits per heavy atom. The van der Waals surface area contributed by atoms with Gasteiger partial charge >= 0.3 is 0 Å². The number of carbonyl (C=O) groups is 1. The summed E-state index contributed by atoms with van der Waals surface area (Å²) in [4.78, 5) is 14.4. The van der Waals surface area contributed by atoms with Crippen LogP contribution in [-0.2, 0) is 9.53 Å². The maximum absolute atomic E-state index is 12.3. The molecule has 2 aliphatic rings. The number of carbonyl (C=O) groups excluding carboxylic acids is 1. The summed E-state index contributed by atoms with van der Waals surface area (Å²) in [6.45, 7) is 7.48. The van der Waals surface area contributed by atoms with Crippen LogP contribution in [0.1, 0.15) is 33.1 Å². The van der Waals surface area contributed by atoms with Crippen LogP contribution in [0, 0.1) is 11.3 Å². The zero-order chi connectivity index (χ0) is 10.9. The third kappa shape index (κ3) is 1.89. The molecule has 2 saturated heterocycles. The van der Waals surface area contributed by atoms with Crippen molar-refractivity contribution in [2.24, 2.45) is 11.3 Å². The standard InChI is InChI=1S/C12H21NO2/c1-3-12(8-15-9-12)11(14)13-6-4-5-10(2)7-13/h10H,3-9H2,1-2H3. The lowest BCUT2D eigenvalue weighted by Crippen LogP contribution is -2.56. The number of piperidine rings is 1. The molecule has 1 unspecified atom stereocenters. The lowest BCUT2D eigenvalue weighted by atomic mass is 9.81. The number of amides is 1. The van der Waals surface area contributed by atoms with E-state index in [1.54, 1.807) is 0 Å². The van der Waals surface area contributed by atoms with Crippen LogP contribution in [0.15, 0.2) is 0 Å². The zero-order valence-corrected chi connectivity index (χ0v) is 9.79. The monoisotopic (exact) mass is 211 g/mol. The van der Waals surface area contributed by atoms with Gasteiger partial charge in [0.2, 0.25) is 5.91 Å². The van der Waals surface area contributed by atoms with E-state index in [2.05, 4.69) is 18.7 Å². The van der Waals surface area contributed by atoms with E-state index in [1.165, 1.54) is 6.42 Å². The van der Waals surface area contributed by atoms with Gasteiger partial charge in [0, 0.05) is 13.1 Å². The SMILES string of the molecule is CCC1(C(=O)N2CCCC(C)C2)COC1. The van der Waals surface area contributed by atoms with Crippen LogP contribution in [0.5, 0.6) is 0 Å². The Labute approximate surface area is 91.8 Å². The fraction of sp³-hybridized carbons (Fsp3) is 0.917. The van der Waals surface area contributed by atoms with E-state index >= 15 is 0 Å². The van der Waals surface area contributed by atoms with Crippen LogP contribution in [0.25, 0.3) is 0 Å². The quantitative estimate of drug-likeness (QED) is 0.695. The van der Waals surface area contributed by atoms with Crippen molar-refractivity contribution < 1.29 is 9.53 Å². The summed E-state index contributed by atoms with van der Waals surface area (Å²) in [5.74, 6) is 1.00. The average molecular weight is 211 g/mol. The highest BCUT2D eigenvalue weighted by atomic mass is 16.5. The van der Waals surface area contributed by atoms with Crippen molar-refractivity contribution in [1.82, 2.24) is 4.90 Å². The molecule has 86 valence electrons. The molecule has 3 heteroatoms. The molecule has 0 N–H and O–H groups in total. The normalized spacial score (nSPS) is 29.7. The summed E-state index contributed by atoms with van der Waals surface area (Å²) >= 11 is 0. The molecule has 0 bridgehead atoms. The minimum Gasteiger partial charge on any atom is -0.379 e. The Hall–Kier alpha value is -0.570. The molecule has 2 aliphatic heterocycles. The lowest BCUT2D eigenvalue weighted by Gasteiger charge is -2.44. The highest BCUT2D eigenvalue weighted by Gasteiger charge is 2.46. The van der Waals surface area contributed by atoms with Crippen molar-refractivity contribution in [3.63, 3.8) is 0 Å². The van der Waals surface area contributed by atoms with Crippen molar-refractivity contribution in [1.29, 1.82) is 0 Å². The first-order valence-electron chi connectivity index (χ1n) is 6.05. The van der Waals surface area contributed by atoms with Crippen LogP contribution in [0.4, 0.5) is 0 Å². The van der Waals surface area contributed by atoms with Crippen LogP contribution >= 0.6 is 0 Å². The Morgan fingerprint density at radius 3 is 2.73 bits per heavy atom. The number of nitrogens with zero attached hydrogens (tertiary/aromatic N) is 1. The maximum Gasteiger partial charge on any atom is 0.233 e. The molecule has 0 spiro atoms. The van der Waals surface area contributed by atoms with Crippen LogP contribution in [0.3, 0.4) is 0 Å². The predicted molar refractivity (Wildman–Crippen MR) is 58.5 cm³/mol. The van der Waals surface area contributed by atoms with Gasteiger partial charge in [0.05, 0.1) is 18.6 Å². The molecule has 1 amide bonds. The molecule has 2 heterocycles. The van der Waals surface area contributed by atoms with Gasteiger partial charge in [0.25, 0.3) is 0 Å². The van der Waals surface area contributed by atoms with Gasteiger partial charge in [-0.1, -0.05) is 13.8 Å². The number of rotatable bonds is 2. The number of hydrogen-bond donors (Lipinski definition) is 0. The van der Waals surface area contributed by atoms with E-state index in [9.17, 15) is 4.79 Å². The van der Waals surface area contributed by atoms with Crippen molar-refractivity contribution in [3.05, 3.63) is 0 Å². The summed E-state index contributed by atoms with van der Waals surface area (Å²) in [5, 5.41) is 0. The smallest absolute Gasteiger partial charge is 0.233 e. The van der Waals surface area contributed by atoms with Gasteiger partial charge < -0.3 is 9.64 Å². The Morgan fingerprint density at radius 2 is 2.27 bits per heavy atom. The Kier molecular flexibility index (Phi) is 3.01. The van der Waals surface area contributed by atoms with E-state index < -0.39 is 0 Å². The molecule has 2 fully saturated rings. The zero-order valence-electron chi connectivity index (χ0n) is 9.79. The second-order valence-electron chi connectivity index (χ2n) is 5.13. The first-order chi connectivity index (χ1) is 7.18. The molecule has 3 nitrogen and oxygen atoms in total. The average Bonchev–Trinajstić information content (AvgIpc) is 2.17. The van der Waals surface area contributed by atoms with Crippen molar-refractivity contribution in [2.45, 2.75) is 33.1 Å². The molecular weight excluding hydrogens is 190 g/mol. The summed E-state index contributed by atoms with van der Waals surface area (Å²) in [5.41, 5.74) is -0.170. The fourth-order valence-electron chi connectivity index (χ4n) is 2.54. The largest absolute Gasteiger partial charge is 0.379 e. The number of hydrogen-bond acceptors (Lipinski definition) is 2. The van der Waals surface area contributed by atoms with E-state index in [4.69, 9.17) is 4.74 Å². The molecule has 0 aliphatic carbocycles. The van der Waals surface area contributed by atoms with Gasteiger partial charge in [-0.2, -0.15) is 0 Å². The van der Waals surface area contributed by atoms with Crippen molar-refractivity contribution in [2.75, 3.05) is 26.3 Å². The summed E-state index contributed by atoms with van der Waals surface area (Å²) in [7, 11) is 0. The minimum absolute atomic E-state index is 0.170. The van der Waals surface area contributed by atoms with Crippen LogP contribution in [-0.4, -0.2) is 37.1 Å². The highest BCUT2D eigenvalue weighted by Crippen LogP contribution is 2.34. The van der Waals surface area contributed by atoms with Gasteiger partial charge in [-0.25, -0.2) is 0 Å². The van der Waals surface area contributed by atoms with Gasteiger partial charge in [0.15, 0.2) is 0 Å². The fourth-order valence-corrected chi connectivity index (χ4v) is 2.54. The minimum atomic E-state index is -0.170. The van der Waals surface area contributed by atoms with E-state index in [0.29, 0.717) is 25.0 Å². The van der Waals surface area contributed by atoms with Gasteiger partial charge in [-0.05, 0) is 25.2 Å². The lowest BCUT2D eigenvalue weighted by molar-refractivity contribution is -0.174. The highest BCUT2D eigenvalue weighted by molar-refractivity contribution is 5.83. The van der Waals surface area contributed by atoms with Gasteiger partial charge in [-0.3, -0.25) is 4.79 Å².